The monoisotopic (exact) mass is 476 g/mol. The number of sulfonamides is 1. The predicted octanol–water partition coefficient (Wildman–Crippen LogP) is 4.50. The predicted molar refractivity (Wildman–Crippen MR) is 114 cm³/mol. The lowest BCUT2D eigenvalue weighted by molar-refractivity contribution is -0.111. The minimum absolute atomic E-state index is 0.000140. The number of carbonyl (C=O) groups excluding carboxylic acids is 1. The summed E-state index contributed by atoms with van der Waals surface area (Å²) in [5.41, 5.74) is 0.653. The maximum Gasteiger partial charge on any atom is 0.262 e. The minimum atomic E-state index is -3.88. The van der Waals surface area contributed by atoms with Crippen LogP contribution in [0.15, 0.2) is 80.7 Å². The van der Waals surface area contributed by atoms with E-state index in [1.165, 1.54) is 31.4 Å². The highest BCUT2D eigenvalue weighted by Gasteiger charge is 2.17. The molecule has 7 nitrogen and oxygen atoms in total. The van der Waals surface area contributed by atoms with Gasteiger partial charge >= 0.3 is 0 Å². The molecule has 0 saturated carbocycles. The molecule has 0 radical (unpaired) electrons. The number of benzene rings is 2. The molecule has 1 heterocycles. The van der Waals surface area contributed by atoms with Crippen LogP contribution in [-0.4, -0.2) is 21.4 Å². The highest BCUT2D eigenvalue weighted by Crippen LogP contribution is 2.26. The van der Waals surface area contributed by atoms with Gasteiger partial charge in [0.25, 0.3) is 10.0 Å². The second kappa shape index (κ2) is 8.97. The molecule has 2 aromatic carbocycles. The topological polar surface area (TPSA) is 97.6 Å². The van der Waals surface area contributed by atoms with Crippen LogP contribution in [0.4, 0.5) is 11.4 Å². The largest absolute Gasteiger partial charge is 0.495 e. The number of hydrogen-bond acceptors (Lipinski definition) is 5. The molecule has 0 aliphatic carbocycles. The van der Waals surface area contributed by atoms with Gasteiger partial charge in [0.2, 0.25) is 5.91 Å². The first-order chi connectivity index (χ1) is 13.9. The Morgan fingerprint density at radius 3 is 2.62 bits per heavy atom. The summed E-state index contributed by atoms with van der Waals surface area (Å²) >= 11 is 3.18. The highest BCUT2D eigenvalue weighted by molar-refractivity contribution is 9.10. The van der Waals surface area contributed by atoms with Crippen molar-refractivity contribution in [1.29, 1.82) is 0 Å². The molecule has 0 unspecified atom stereocenters. The Hall–Kier alpha value is -3.04. The second-order valence-corrected chi connectivity index (χ2v) is 8.26. The van der Waals surface area contributed by atoms with E-state index in [4.69, 9.17) is 9.15 Å². The second-order valence-electron chi connectivity index (χ2n) is 5.80. The standard InChI is InChI=1S/C20H17BrN2O5S/c1-27-18-8-3-2-7-17(18)23-29(25,26)16-6-4-5-14(13-16)22-20(24)12-10-15-9-11-19(21)28-15/h2-13,23H,1H3,(H,22,24)/b12-10+. The van der Waals surface area contributed by atoms with Gasteiger partial charge in [-0.3, -0.25) is 9.52 Å². The third kappa shape index (κ3) is 5.49. The highest BCUT2D eigenvalue weighted by atomic mass is 79.9. The van der Waals surface area contributed by atoms with Gasteiger partial charge in [-0.15, -0.1) is 0 Å². The van der Waals surface area contributed by atoms with E-state index in [0.29, 0.717) is 27.6 Å². The Labute approximate surface area is 176 Å². The molecule has 0 atom stereocenters. The van der Waals surface area contributed by atoms with Crippen molar-refractivity contribution in [2.24, 2.45) is 0 Å². The number of methoxy groups -OCH3 is 1. The van der Waals surface area contributed by atoms with E-state index in [2.05, 4.69) is 26.0 Å². The number of anilines is 2. The summed E-state index contributed by atoms with van der Waals surface area (Å²) in [7, 11) is -2.42. The maximum absolute atomic E-state index is 12.7. The van der Waals surface area contributed by atoms with Crippen molar-refractivity contribution in [1.82, 2.24) is 0 Å². The molecule has 2 N–H and O–H groups in total. The van der Waals surface area contributed by atoms with E-state index < -0.39 is 15.9 Å². The first kappa shape index (κ1) is 20.7. The van der Waals surface area contributed by atoms with Gasteiger partial charge in [-0.2, -0.15) is 0 Å². The fraction of sp³-hybridized carbons (Fsp3) is 0.0500. The van der Waals surface area contributed by atoms with Crippen molar-refractivity contribution < 1.29 is 22.4 Å². The van der Waals surface area contributed by atoms with Gasteiger partial charge in [-0.05, 0) is 64.5 Å². The quantitative estimate of drug-likeness (QED) is 0.489. The summed E-state index contributed by atoms with van der Waals surface area (Å²) in [6.45, 7) is 0. The fourth-order valence-corrected chi connectivity index (χ4v) is 3.87. The number of halogens is 1. The van der Waals surface area contributed by atoms with Crippen LogP contribution < -0.4 is 14.8 Å². The smallest absolute Gasteiger partial charge is 0.262 e. The number of rotatable bonds is 7. The lowest BCUT2D eigenvalue weighted by atomic mass is 10.3. The van der Waals surface area contributed by atoms with Crippen molar-refractivity contribution in [2.45, 2.75) is 4.90 Å². The third-order valence-corrected chi connectivity index (χ3v) is 5.55. The van der Waals surface area contributed by atoms with Crippen molar-refractivity contribution in [3.05, 3.63) is 77.2 Å². The number of amides is 1. The SMILES string of the molecule is COc1ccccc1NS(=O)(=O)c1cccc(NC(=O)/C=C/c2ccc(Br)o2)c1. The van der Waals surface area contributed by atoms with Gasteiger partial charge in [0, 0.05) is 11.8 Å². The molecule has 3 rings (SSSR count). The van der Waals surface area contributed by atoms with E-state index in [-0.39, 0.29) is 4.90 Å². The zero-order valence-electron chi connectivity index (χ0n) is 15.3. The average Bonchev–Trinajstić information content (AvgIpc) is 3.12. The normalized spacial score (nSPS) is 11.4. The molecule has 0 saturated heterocycles. The van der Waals surface area contributed by atoms with Gasteiger partial charge in [0.05, 0.1) is 17.7 Å². The van der Waals surface area contributed by atoms with Crippen molar-refractivity contribution in [3.8, 4) is 5.75 Å². The van der Waals surface area contributed by atoms with Crippen LogP contribution in [0.2, 0.25) is 0 Å². The molecule has 0 fully saturated rings. The van der Waals surface area contributed by atoms with Crippen molar-refractivity contribution >= 4 is 49.3 Å². The van der Waals surface area contributed by atoms with Crippen LogP contribution in [0.5, 0.6) is 5.75 Å². The molecule has 0 spiro atoms. The maximum atomic E-state index is 12.7. The van der Waals surface area contributed by atoms with Crippen LogP contribution in [0.3, 0.4) is 0 Å². The summed E-state index contributed by atoms with van der Waals surface area (Å²) < 4.78 is 38.9. The zero-order valence-corrected chi connectivity index (χ0v) is 17.7. The number of para-hydroxylation sites is 2. The number of carbonyl (C=O) groups is 1. The molecular formula is C20H17BrN2O5S. The molecule has 150 valence electrons. The molecular weight excluding hydrogens is 460 g/mol. The van der Waals surface area contributed by atoms with Gasteiger partial charge in [-0.1, -0.05) is 18.2 Å². The Morgan fingerprint density at radius 1 is 1.10 bits per heavy atom. The lowest BCUT2D eigenvalue weighted by Gasteiger charge is -2.12. The van der Waals surface area contributed by atoms with Crippen LogP contribution in [0, 0.1) is 0 Å². The van der Waals surface area contributed by atoms with Crippen LogP contribution >= 0.6 is 15.9 Å². The van der Waals surface area contributed by atoms with Crippen molar-refractivity contribution in [2.75, 3.05) is 17.1 Å². The Bertz CT molecular complexity index is 1150. The molecule has 29 heavy (non-hydrogen) atoms. The average molecular weight is 477 g/mol. The van der Waals surface area contributed by atoms with E-state index in [9.17, 15) is 13.2 Å². The van der Waals surface area contributed by atoms with E-state index in [1.807, 2.05) is 0 Å². The summed E-state index contributed by atoms with van der Waals surface area (Å²) in [6, 6.07) is 16.0. The van der Waals surface area contributed by atoms with Gasteiger partial charge in [0.1, 0.15) is 11.5 Å². The van der Waals surface area contributed by atoms with Crippen molar-refractivity contribution in [3.63, 3.8) is 0 Å². The molecule has 0 aliphatic heterocycles. The molecule has 3 aromatic rings. The fourth-order valence-electron chi connectivity index (χ4n) is 2.43. The van der Waals surface area contributed by atoms with E-state index >= 15 is 0 Å². The third-order valence-electron chi connectivity index (χ3n) is 3.76. The Balaban J connectivity index is 1.74. The van der Waals surface area contributed by atoms with Crippen LogP contribution in [0.25, 0.3) is 6.08 Å². The van der Waals surface area contributed by atoms with E-state index in [1.54, 1.807) is 48.5 Å². The number of nitrogens with one attached hydrogen (secondary N) is 2. The lowest BCUT2D eigenvalue weighted by Crippen LogP contribution is -2.14. The molecule has 1 aromatic heterocycles. The first-order valence-electron chi connectivity index (χ1n) is 8.38. The van der Waals surface area contributed by atoms with Gasteiger partial charge in [-0.25, -0.2) is 8.42 Å². The summed E-state index contributed by atoms with van der Waals surface area (Å²) in [4.78, 5) is 12.1. The van der Waals surface area contributed by atoms with Gasteiger partial charge in [0.15, 0.2) is 4.67 Å². The van der Waals surface area contributed by atoms with Crippen LogP contribution in [-0.2, 0) is 14.8 Å². The number of ether oxygens (including phenoxy) is 1. The summed E-state index contributed by atoms with van der Waals surface area (Å²) in [5.74, 6) is 0.476. The molecule has 9 heteroatoms. The minimum Gasteiger partial charge on any atom is -0.495 e. The van der Waals surface area contributed by atoms with Gasteiger partial charge < -0.3 is 14.5 Å². The number of furan rings is 1. The summed E-state index contributed by atoms with van der Waals surface area (Å²) in [6.07, 6.45) is 2.80. The number of hydrogen-bond donors (Lipinski definition) is 2. The Morgan fingerprint density at radius 2 is 1.90 bits per heavy atom. The summed E-state index contributed by atoms with van der Waals surface area (Å²) in [5, 5.41) is 2.62. The first-order valence-corrected chi connectivity index (χ1v) is 10.7. The van der Waals surface area contributed by atoms with E-state index in [0.717, 1.165) is 0 Å². The molecule has 1 amide bonds. The zero-order chi connectivity index (χ0) is 20.9. The van der Waals surface area contributed by atoms with Crippen LogP contribution in [0.1, 0.15) is 5.76 Å². The Kier molecular flexibility index (Phi) is 6.40. The molecule has 0 aliphatic rings. The molecule has 0 bridgehead atoms.